The highest BCUT2D eigenvalue weighted by molar-refractivity contribution is 5.88. The van der Waals surface area contributed by atoms with Gasteiger partial charge in [0.15, 0.2) is 0 Å². The minimum absolute atomic E-state index is 0.0437. The van der Waals surface area contributed by atoms with Crippen LogP contribution in [0.3, 0.4) is 0 Å². The highest BCUT2D eigenvalue weighted by atomic mass is 16.1. The van der Waals surface area contributed by atoms with Gasteiger partial charge in [-0.3, -0.25) is 4.79 Å². The van der Waals surface area contributed by atoms with E-state index in [0.717, 1.165) is 5.69 Å². The lowest BCUT2D eigenvalue weighted by atomic mass is 9.92. The summed E-state index contributed by atoms with van der Waals surface area (Å²) < 4.78 is 0. The van der Waals surface area contributed by atoms with Gasteiger partial charge in [0.05, 0.1) is 0 Å². The molecule has 0 radical (unpaired) electrons. The summed E-state index contributed by atoms with van der Waals surface area (Å²) in [6.07, 6.45) is 5.11. The number of amides is 1. The molecule has 0 heterocycles. The predicted octanol–water partition coefficient (Wildman–Crippen LogP) is 2.84. The van der Waals surface area contributed by atoms with Crippen molar-refractivity contribution < 1.29 is 4.79 Å². The predicted molar refractivity (Wildman–Crippen MR) is 69.6 cm³/mol. The van der Waals surface area contributed by atoms with E-state index < -0.39 is 0 Å². The number of carbonyl (C=O) groups excluding carboxylic acids is 1. The summed E-state index contributed by atoms with van der Waals surface area (Å²) in [7, 11) is 0. The Morgan fingerprint density at radius 2 is 1.88 bits per heavy atom. The van der Waals surface area contributed by atoms with Gasteiger partial charge in [0.2, 0.25) is 5.91 Å². The van der Waals surface area contributed by atoms with Gasteiger partial charge in [-0.25, -0.2) is 0 Å². The summed E-state index contributed by atoms with van der Waals surface area (Å²) in [4.78, 5) is 10.9. The van der Waals surface area contributed by atoms with Crippen LogP contribution in [0.2, 0.25) is 0 Å². The lowest BCUT2D eigenvalue weighted by molar-refractivity contribution is -0.114. The van der Waals surface area contributed by atoms with Crippen molar-refractivity contribution in [2.45, 2.75) is 38.6 Å². The molecule has 1 atom stereocenters. The van der Waals surface area contributed by atoms with Crippen molar-refractivity contribution in [2.24, 2.45) is 11.7 Å². The number of nitrogens with two attached hydrogens (primary N) is 1. The third-order valence-corrected chi connectivity index (χ3v) is 3.52. The first-order valence-electron chi connectivity index (χ1n) is 6.30. The average molecular weight is 232 g/mol. The third-order valence-electron chi connectivity index (χ3n) is 3.52. The lowest BCUT2D eigenvalue weighted by Crippen LogP contribution is -2.19. The summed E-state index contributed by atoms with van der Waals surface area (Å²) in [6.45, 7) is 1.51. The van der Waals surface area contributed by atoms with Gasteiger partial charge in [-0.1, -0.05) is 25.0 Å². The second-order valence-electron chi connectivity index (χ2n) is 4.87. The first-order valence-corrected chi connectivity index (χ1v) is 6.30. The smallest absolute Gasteiger partial charge is 0.221 e. The lowest BCUT2D eigenvalue weighted by Gasteiger charge is -2.19. The van der Waals surface area contributed by atoms with E-state index in [2.05, 4.69) is 5.32 Å². The third kappa shape index (κ3) is 3.07. The molecular formula is C14H20N2O. The fourth-order valence-electron chi connectivity index (χ4n) is 2.58. The average Bonchev–Trinajstić information content (AvgIpc) is 2.82. The van der Waals surface area contributed by atoms with Crippen LogP contribution in [-0.4, -0.2) is 5.91 Å². The van der Waals surface area contributed by atoms with Crippen molar-refractivity contribution in [3.8, 4) is 0 Å². The normalized spacial score (nSPS) is 18.0. The molecule has 17 heavy (non-hydrogen) atoms. The monoisotopic (exact) mass is 232 g/mol. The molecule has 1 fully saturated rings. The number of rotatable bonds is 3. The molecule has 0 saturated heterocycles. The molecule has 3 heteroatoms. The maximum Gasteiger partial charge on any atom is 0.221 e. The van der Waals surface area contributed by atoms with Gasteiger partial charge in [-0.05, 0) is 36.5 Å². The summed E-state index contributed by atoms with van der Waals surface area (Å²) in [5.41, 5.74) is 8.27. The molecule has 92 valence electrons. The Kier molecular flexibility index (Phi) is 3.79. The Bertz CT molecular complexity index is 380. The fourth-order valence-corrected chi connectivity index (χ4v) is 2.58. The molecule has 1 amide bonds. The molecular weight excluding hydrogens is 212 g/mol. The molecule has 3 nitrogen and oxygen atoms in total. The Morgan fingerprint density at radius 1 is 1.29 bits per heavy atom. The van der Waals surface area contributed by atoms with Gasteiger partial charge in [0.1, 0.15) is 0 Å². The fraction of sp³-hybridized carbons (Fsp3) is 0.500. The zero-order chi connectivity index (χ0) is 12.3. The van der Waals surface area contributed by atoms with Crippen LogP contribution in [-0.2, 0) is 4.79 Å². The number of hydrogen-bond donors (Lipinski definition) is 2. The van der Waals surface area contributed by atoms with Crippen LogP contribution in [0.15, 0.2) is 24.3 Å². The minimum Gasteiger partial charge on any atom is -0.326 e. The molecule has 0 unspecified atom stereocenters. The Hall–Kier alpha value is -1.35. The largest absolute Gasteiger partial charge is 0.326 e. The first kappa shape index (κ1) is 12.1. The molecule has 0 spiro atoms. The topological polar surface area (TPSA) is 55.1 Å². The molecule has 2 rings (SSSR count). The minimum atomic E-state index is -0.0437. The van der Waals surface area contributed by atoms with Crippen LogP contribution in [0.1, 0.15) is 44.2 Å². The molecule has 1 aliphatic rings. The standard InChI is InChI=1S/C14H20N2O/c1-10(17)16-13-8-6-12(7-9-13)14(15)11-4-2-3-5-11/h6-9,11,14H,2-5,15H2,1H3,(H,16,17)/t14-/m1/s1. The van der Waals surface area contributed by atoms with Gasteiger partial charge in [0, 0.05) is 18.7 Å². The highest BCUT2D eigenvalue weighted by Gasteiger charge is 2.22. The number of anilines is 1. The van der Waals surface area contributed by atoms with Crippen molar-refractivity contribution in [1.82, 2.24) is 0 Å². The zero-order valence-electron chi connectivity index (χ0n) is 10.3. The maximum absolute atomic E-state index is 10.9. The number of benzene rings is 1. The molecule has 1 aromatic rings. The molecule has 3 N–H and O–H groups in total. The Balaban J connectivity index is 2.03. The number of nitrogens with one attached hydrogen (secondary N) is 1. The van der Waals surface area contributed by atoms with Gasteiger partial charge < -0.3 is 11.1 Å². The summed E-state index contributed by atoms with van der Waals surface area (Å²) >= 11 is 0. The summed E-state index contributed by atoms with van der Waals surface area (Å²) in [5, 5.41) is 2.76. The van der Waals surface area contributed by atoms with E-state index in [1.54, 1.807) is 0 Å². The summed E-state index contributed by atoms with van der Waals surface area (Å²) in [6, 6.07) is 8.03. The highest BCUT2D eigenvalue weighted by Crippen LogP contribution is 2.34. The van der Waals surface area contributed by atoms with E-state index in [1.165, 1.54) is 38.2 Å². The Morgan fingerprint density at radius 3 is 2.41 bits per heavy atom. The van der Waals surface area contributed by atoms with Gasteiger partial charge in [-0.2, -0.15) is 0 Å². The van der Waals surface area contributed by atoms with Crippen molar-refractivity contribution in [1.29, 1.82) is 0 Å². The SMILES string of the molecule is CC(=O)Nc1ccc([C@H](N)C2CCCC2)cc1. The first-order chi connectivity index (χ1) is 8.16. The van der Waals surface area contributed by atoms with Crippen molar-refractivity contribution >= 4 is 11.6 Å². The van der Waals surface area contributed by atoms with Crippen molar-refractivity contribution in [3.05, 3.63) is 29.8 Å². The van der Waals surface area contributed by atoms with Crippen LogP contribution in [0, 0.1) is 5.92 Å². The van der Waals surface area contributed by atoms with E-state index in [4.69, 9.17) is 5.73 Å². The van der Waals surface area contributed by atoms with Crippen LogP contribution >= 0.6 is 0 Å². The van der Waals surface area contributed by atoms with Gasteiger partial charge >= 0.3 is 0 Å². The van der Waals surface area contributed by atoms with Crippen molar-refractivity contribution in [2.75, 3.05) is 5.32 Å². The van der Waals surface area contributed by atoms with E-state index >= 15 is 0 Å². The second kappa shape index (κ2) is 5.32. The van der Waals surface area contributed by atoms with Crippen LogP contribution in [0.4, 0.5) is 5.69 Å². The van der Waals surface area contributed by atoms with E-state index in [1.807, 2.05) is 24.3 Å². The molecule has 1 aromatic carbocycles. The number of carbonyl (C=O) groups is 1. The molecule has 1 aliphatic carbocycles. The van der Waals surface area contributed by atoms with Crippen LogP contribution in [0.25, 0.3) is 0 Å². The molecule has 0 aromatic heterocycles. The van der Waals surface area contributed by atoms with Gasteiger partial charge in [-0.15, -0.1) is 0 Å². The maximum atomic E-state index is 10.9. The quantitative estimate of drug-likeness (QED) is 0.842. The van der Waals surface area contributed by atoms with E-state index in [0.29, 0.717) is 5.92 Å². The molecule has 0 aliphatic heterocycles. The summed E-state index contributed by atoms with van der Waals surface area (Å²) in [5.74, 6) is 0.583. The van der Waals surface area contributed by atoms with E-state index in [-0.39, 0.29) is 11.9 Å². The van der Waals surface area contributed by atoms with Crippen LogP contribution < -0.4 is 11.1 Å². The van der Waals surface area contributed by atoms with Gasteiger partial charge in [0.25, 0.3) is 0 Å². The van der Waals surface area contributed by atoms with Crippen molar-refractivity contribution in [3.63, 3.8) is 0 Å². The van der Waals surface area contributed by atoms with E-state index in [9.17, 15) is 4.79 Å². The van der Waals surface area contributed by atoms with Crippen LogP contribution in [0.5, 0.6) is 0 Å². The molecule has 1 saturated carbocycles. The molecule has 0 bridgehead atoms. The zero-order valence-corrected chi connectivity index (χ0v) is 10.3. The number of hydrogen-bond acceptors (Lipinski definition) is 2. The second-order valence-corrected chi connectivity index (χ2v) is 4.87. The Labute approximate surface area is 102 Å².